The lowest BCUT2D eigenvalue weighted by atomic mass is 9.92. The second kappa shape index (κ2) is 7.71. The molecule has 0 atom stereocenters. The summed E-state index contributed by atoms with van der Waals surface area (Å²) >= 11 is 0. The van der Waals surface area contributed by atoms with Gasteiger partial charge in [0.05, 0.1) is 24.0 Å². The number of nitrogens with zero attached hydrogens (tertiary/aromatic N) is 6. The third-order valence-electron chi connectivity index (χ3n) is 5.00. The van der Waals surface area contributed by atoms with E-state index in [0.29, 0.717) is 18.0 Å². The summed E-state index contributed by atoms with van der Waals surface area (Å²) in [6.45, 7) is 2.43. The monoisotopic (exact) mass is 409 g/mol. The van der Waals surface area contributed by atoms with Gasteiger partial charge < -0.3 is 9.73 Å². The summed E-state index contributed by atoms with van der Waals surface area (Å²) in [5, 5.41) is 18.7. The molecule has 152 valence electrons. The predicted octanol–water partition coefficient (Wildman–Crippen LogP) is 3.06. The highest BCUT2D eigenvalue weighted by atomic mass is 19.3. The van der Waals surface area contributed by atoms with Crippen molar-refractivity contribution in [3.8, 4) is 22.7 Å². The van der Waals surface area contributed by atoms with E-state index in [9.17, 15) is 8.78 Å². The second-order valence-corrected chi connectivity index (χ2v) is 7.07. The molecule has 0 bridgehead atoms. The summed E-state index contributed by atoms with van der Waals surface area (Å²) in [5.74, 6) is -0.144. The Morgan fingerprint density at radius 3 is 2.70 bits per heavy atom. The Balaban J connectivity index is 1.29. The van der Waals surface area contributed by atoms with Crippen molar-refractivity contribution < 1.29 is 13.2 Å². The molecule has 1 aliphatic heterocycles. The molecule has 0 unspecified atom stereocenters. The molecule has 3 aromatic heterocycles. The quantitative estimate of drug-likeness (QED) is 0.523. The van der Waals surface area contributed by atoms with Gasteiger partial charge in [-0.15, -0.1) is 15.3 Å². The summed E-state index contributed by atoms with van der Waals surface area (Å²) < 4.78 is 31.8. The normalized spacial score (nSPS) is 14.2. The highest BCUT2D eigenvalue weighted by molar-refractivity contribution is 5.59. The lowest BCUT2D eigenvalue weighted by molar-refractivity contribution is 0.116. The maximum atomic E-state index is 12.6. The van der Waals surface area contributed by atoms with Crippen molar-refractivity contribution in [2.75, 3.05) is 13.1 Å². The first-order valence-electron chi connectivity index (χ1n) is 9.44. The molecule has 0 aliphatic carbocycles. The van der Waals surface area contributed by atoms with Crippen LogP contribution in [0, 0.1) is 0 Å². The van der Waals surface area contributed by atoms with Crippen LogP contribution in [0.4, 0.5) is 8.78 Å². The van der Waals surface area contributed by atoms with Gasteiger partial charge in [0.25, 0.3) is 5.89 Å². The Bertz CT molecular complexity index is 1150. The van der Waals surface area contributed by atoms with Crippen LogP contribution < -0.4 is 5.32 Å². The van der Waals surface area contributed by atoms with Crippen LogP contribution in [-0.2, 0) is 6.54 Å². The minimum atomic E-state index is -2.80. The van der Waals surface area contributed by atoms with E-state index < -0.39 is 12.3 Å². The van der Waals surface area contributed by atoms with Crippen LogP contribution in [0.5, 0.6) is 0 Å². The molecule has 8 nitrogen and oxygen atoms in total. The highest BCUT2D eigenvalue weighted by Gasteiger charge is 2.19. The van der Waals surface area contributed by atoms with Crippen LogP contribution in [0.2, 0.25) is 0 Å². The topological polar surface area (TPSA) is 94.6 Å². The molecular formula is C20H17F2N7O. The molecule has 5 rings (SSSR count). The Labute approximate surface area is 170 Å². The summed E-state index contributed by atoms with van der Waals surface area (Å²) in [5.41, 5.74) is 4.33. The standard InChI is InChI=1S/C20H17F2N7O/c21-18(22)20-27-26-19(30-20)14-4-5-16(24-9-14)10-29-11-17(25-28-29)13-3-1-2-12(6-13)15-7-23-8-15/h1-6,9,11,15,18,23H,7-8,10H2. The SMILES string of the molecule is FC(F)c1nnc(-c2ccc(Cn3cc(-c4cccc(C5CNC5)c4)nn3)nc2)o1. The minimum absolute atomic E-state index is 0.00827. The van der Waals surface area contributed by atoms with Gasteiger partial charge in [-0.05, 0) is 23.8 Å². The van der Waals surface area contributed by atoms with Gasteiger partial charge in [0, 0.05) is 30.8 Å². The maximum Gasteiger partial charge on any atom is 0.314 e. The molecule has 4 heterocycles. The van der Waals surface area contributed by atoms with Crippen molar-refractivity contribution in [1.29, 1.82) is 0 Å². The first-order chi connectivity index (χ1) is 14.7. The summed E-state index contributed by atoms with van der Waals surface area (Å²) in [6.07, 6.45) is 0.582. The van der Waals surface area contributed by atoms with Crippen molar-refractivity contribution in [3.63, 3.8) is 0 Å². The molecule has 30 heavy (non-hydrogen) atoms. The number of halogens is 2. The van der Waals surface area contributed by atoms with Gasteiger partial charge >= 0.3 is 6.43 Å². The number of hydrogen-bond donors (Lipinski definition) is 1. The minimum Gasteiger partial charge on any atom is -0.415 e. The van der Waals surface area contributed by atoms with E-state index in [2.05, 4.69) is 42.9 Å². The number of hydrogen-bond acceptors (Lipinski definition) is 7. The average Bonchev–Trinajstić information content (AvgIpc) is 3.38. The van der Waals surface area contributed by atoms with Gasteiger partial charge in [0.15, 0.2) is 0 Å². The summed E-state index contributed by atoms with van der Waals surface area (Å²) in [6, 6.07) is 11.8. The lowest BCUT2D eigenvalue weighted by Crippen LogP contribution is -2.39. The van der Waals surface area contributed by atoms with E-state index in [4.69, 9.17) is 4.42 Å². The fourth-order valence-corrected chi connectivity index (χ4v) is 3.23. The molecule has 0 radical (unpaired) electrons. The van der Waals surface area contributed by atoms with Crippen LogP contribution in [0.15, 0.2) is 53.2 Å². The number of nitrogens with one attached hydrogen (secondary N) is 1. The summed E-state index contributed by atoms with van der Waals surface area (Å²) in [7, 11) is 0. The van der Waals surface area contributed by atoms with Crippen LogP contribution in [-0.4, -0.2) is 43.3 Å². The van der Waals surface area contributed by atoms with Crippen molar-refractivity contribution in [2.45, 2.75) is 18.9 Å². The molecule has 1 aromatic carbocycles. The number of aromatic nitrogens is 6. The zero-order valence-corrected chi connectivity index (χ0v) is 15.7. The zero-order valence-electron chi connectivity index (χ0n) is 15.7. The van der Waals surface area contributed by atoms with Crippen molar-refractivity contribution in [3.05, 3.63) is 65.9 Å². The zero-order chi connectivity index (χ0) is 20.5. The number of rotatable bonds is 6. The first-order valence-corrected chi connectivity index (χ1v) is 9.44. The van der Waals surface area contributed by atoms with Gasteiger partial charge in [0.1, 0.15) is 5.69 Å². The Kier molecular flexibility index (Phi) is 4.75. The van der Waals surface area contributed by atoms with Gasteiger partial charge in [-0.2, -0.15) is 8.78 Å². The average molecular weight is 409 g/mol. The second-order valence-electron chi connectivity index (χ2n) is 7.07. The van der Waals surface area contributed by atoms with Crippen molar-refractivity contribution >= 4 is 0 Å². The predicted molar refractivity (Wildman–Crippen MR) is 103 cm³/mol. The van der Waals surface area contributed by atoms with Crippen LogP contribution in [0.3, 0.4) is 0 Å². The lowest BCUT2D eigenvalue weighted by Gasteiger charge is -2.27. The van der Waals surface area contributed by atoms with E-state index >= 15 is 0 Å². The van der Waals surface area contributed by atoms with Gasteiger partial charge in [0.2, 0.25) is 5.89 Å². The van der Waals surface area contributed by atoms with Gasteiger partial charge in [-0.25, -0.2) is 4.68 Å². The van der Waals surface area contributed by atoms with Crippen molar-refractivity contribution in [1.82, 2.24) is 35.5 Å². The van der Waals surface area contributed by atoms with Gasteiger partial charge in [-0.1, -0.05) is 23.4 Å². The molecule has 0 amide bonds. The maximum absolute atomic E-state index is 12.6. The first kappa shape index (κ1) is 18.5. The Hall–Kier alpha value is -3.53. The molecule has 0 saturated carbocycles. The van der Waals surface area contributed by atoms with Crippen LogP contribution in [0.25, 0.3) is 22.7 Å². The number of pyridine rings is 1. The molecule has 10 heteroatoms. The van der Waals surface area contributed by atoms with E-state index in [0.717, 1.165) is 30.0 Å². The Morgan fingerprint density at radius 1 is 1.10 bits per heavy atom. The van der Waals surface area contributed by atoms with Crippen molar-refractivity contribution in [2.24, 2.45) is 0 Å². The molecule has 4 aromatic rings. The summed E-state index contributed by atoms with van der Waals surface area (Å²) in [4.78, 5) is 4.33. The molecule has 1 saturated heterocycles. The fourth-order valence-electron chi connectivity index (χ4n) is 3.23. The molecule has 1 N–H and O–H groups in total. The van der Waals surface area contributed by atoms with Crippen LogP contribution >= 0.6 is 0 Å². The van der Waals surface area contributed by atoms with Crippen LogP contribution in [0.1, 0.15) is 29.5 Å². The molecular weight excluding hydrogens is 392 g/mol. The van der Waals surface area contributed by atoms with E-state index in [1.807, 2.05) is 18.3 Å². The third-order valence-corrected chi connectivity index (χ3v) is 5.00. The molecule has 1 fully saturated rings. The largest absolute Gasteiger partial charge is 0.415 e. The third kappa shape index (κ3) is 3.69. The fraction of sp³-hybridized carbons (Fsp3) is 0.250. The number of benzene rings is 1. The highest BCUT2D eigenvalue weighted by Crippen LogP contribution is 2.25. The van der Waals surface area contributed by atoms with E-state index in [1.165, 1.54) is 11.8 Å². The number of alkyl halides is 2. The molecule has 1 aliphatic rings. The van der Waals surface area contributed by atoms with Gasteiger partial charge in [-0.3, -0.25) is 4.98 Å². The Morgan fingerprint density at radius 2 is 2.00 bits per heavy atom. The van der Waals surface area contributed by atoms with E-state index in [-0.39, 0.29) is 5.89 Å². The smallest absolute Gasteiger partial charge is 0.314 e. The molecule has 0 spiro atoms. The van der Waals surface area contributed by atoms with E-state index in [1.54, 1.807) is 16.8 Å².